The van der Waals surface area contributed by atoms with Crippen LogP contribution in [0.5, 0.6) is 5.75 Å². The van der Waals surface area contributed by atoms with E-state index in [0.717, 1.165) is 11.1 Å². The van der Waals surface area contributed by atoms with E-state index in [9.17, 15) is 22.4 Å². The van der Waals surface area contributed by atoms with E-state index in [4.69, 9.17) is 4.74 Å². The maximum absolute atomic E-state index is 13.0. The van der Waals surface area contributed by atoms with Gasteiger partial charge in [0.05, 0.1) is 11.3 Å². The second kappa shape index (κ2) is 11.3. The minimum atomic E-state index is -4.36. The molecule has 1 aliphatic heterocycles. The first-order chi connectivity index (χ1) is 17.2. The predicted molar refractivity (Wildman–Crippen MR) is 129 cm³/mol. The van der Waals surface area contributed by atoms with E-state index in [-0.39, 0.29) is 17.5 Å². The van der Waals surface area contributed by atoms with Crippen molar-refractivity contribution in [1.82, 2.24) is 14.8 Å². The molecule has 0 unspecified atom stereocenters. The number of benzene rings is 2. The molecule has 0 spiro atoms. The molecule has 9 heteroatoms. The monoisotopic (exact) mass is 499 g/mol. The van der Waals surface area contributed by atoms with Gasteiger partial charge in [0, 0.05) is 38.9 Å². The van der Waals surface area contributed by atoms with E-state index in [1.165, 1.54) is 24.3 Å². The highest BCUT2D eigenvalue weighted by molar-refractivity contribution is 5.94. The number of piperazine rings is 1. The lowest BCUT2D eigenvalue weighted by molar-refractivity contribution is -0.153. The molecule has 2 heterocycles. The van der Waals surface area contributed by atoms with Gasteiger partial charge < -0.3 is 9.64 Å². The van der Waals surface area contributed by atoms with Gasteiger partial charge in [0.25, 0.3) is 5.91 Å². The number of amides is 1. The predicted octanol–water partition coefficient (Wildman–Crippen LogP) is 5.29. The molecule has 1 aromatic heterocycles. The van der Waals surface area contributed by atoms with E-state index in [1.807, 2.05) is 6.08 Å². The molecule has 1 amide bonds. The molecule has 0 saturated carbocycles. The number of ether oxygens (including phenoxy) is 1. The van der Waals surface area contributed by atoms with E-state index < -0.39 is 12.8 Å². The fraction of sp³-hybridized carbons (Fsp3) is 0.259. The number of pyridine rings is 1. The van der Waals surface area contributed by atoms with Crippen LogP contribution in [0, 0.1) is 5.82 Å². The fourth-order valence-corrected chi connectivity index (χ4v) is 3.79. The summed E-state index contributed by atoms with van der Waals surface area (Å²) in [6.07, 6.45) is 0.818. The number of carbonyl (C=O) groups excluding carboxylic acids is 1. The molecule has 2 aromatic carbocycles. The molecule has 188 valence electrons. The van der Waals surface area contributed by atoms with Gasteiger partial charge >= 0.3 is 6.18 Å². The summed E-state index contributed by atoms with van der Waals surface area (Å²) in [5.74, 6) is -0.194. The lowest BCUT2D eigenvalue weighted by atomic mass is 10.1. The Balaban J connectivity index is 1.24. The zero-order valence-electron chi connectivity index (χ0n) is 19.4. The van der Waals surface area contributed by atoms with Gasteiger partial charge in [-0.1, -0.05) is 30.3 Å². The topological polar surface area (TPSA) is 45.7 Å². The highest BCUT2D eigenvalue weighted by Gasteiger charge is 2.28. The van der Waals surface area contributed by atoms with E-state index in [2.05, 4.69) is 9.88 Å². The highest BCUT2D eigenvalue weighted by atomic mass is 19.4. The summed E-state index contributed by atoms with van der Waals surface area (Å²) < 4.78 is 54.5. The number of alkyl halides is 3. The quantitative estimate of drug-likeness (QED) is 0.415. The summed E-state index contributed by atoms with van der Waals surface area (Å²) >= 11 is 0. The van der Waals surface area contributed by atoms with Gasteiger partial charge in [-0.2, -0.15) is 13.2 Å². The van der Waals surface area contributed by atoms with Crippen molar-refractivity contribution in [2.75, 3.05) is 32.8 Å². The van der Waals surface area contributed by atoms with Crippen LogP contribution in [-0.4, -0.2) is 59.7 Å². The lowest BCUT2D eigenvalue weighted by Gasteiger charge is -2.34. The molecule has 1 saturated heterocycles. The molecule has 0 radical (unpaired) electrons. The number of halogens is 4. The van der Waals surface area contributed by atoms with Gasteiger partial charge in [0.1, 0.15) is 11.6 Å². The Morgan fingerprint density at radius 2 is 1.61 bits per heavy atom. The third-order valence-electron chi connectivity index (χ3n) is 5.74. The molecule has 0 N–H and O–H groups in total. The van der Waals surface area contributed by atoms with Crippen molar-refractivity contribution in [3.05, 3.63) is 95.1 Å². The van der Waals surface area contributed by atoms with Crippen molar-refractivity contribution in [2.24, 2.45) is 0 Å². The standard InChI is InChI=1S/C27H25F4N3O2/c28-23-7-1-20(2-8-23)3-9-24-10-6-22(17-32-24)26(35)34-15-13-33(14-16-34)18-21-4-11-25(12-5-21)36-19-27(29,30)31/h1-12,17H,13-16,18-19H2/b9-3+. The van der Waals surface area contributed by atoms with Crippen LogP contribution in [0.15, 0.2) is 66.9 Å². The number of aromatic nitrogens is 1. The first kappa shape index (κ1) is 25.4. The first-order valence-corrected chi connectivity index (χ1v) is 11.4. The summed E-state index contributed by atoms with van der Waals surface area (Å²) in [4.78, 5) is 21.2. The van der Waals surface area contributed by atoms with Gasteiger partial charge in [0.2, 0.25) is 0 Å². The van der Waals surface area contributed by atoms with Crippen LogP contribution >= 0.6 is 0 Å². The zero-order chi connectivity index (χ0) is 25.5. The highest BCUT2D eigenvalue weighted by Crippen LogP contribution is 2.20. The van der Waals surface area contributed by atoms with Crippen LogP contribution in [0.2, 0.25) is 0 Å². The summed E-state index contributed by atoms with van der Waals surface area (Å²) in [7, 11) is 0. The van der Waals surface area contributed by atoms with Gasteiger partial charge in [-0.25, -0.2) is 4.39 Å². The molecule has 36 heavy (non-hydrogen) atoms. The first-order valence-electron chi connectivity index (χ1n) is 11.4. The Morgan fingerprint density at radius 1 is 0.917 bits per heavy atom. The van der Waals surface area contributed by atoms with Crippen LogP contribution in [-0.2, 0) is 6.54 Å². The van der Waals surface area contributed by atoms with Crippen molar-refractivity contribution < 1.29 is 27.1 Å². The minimum Gasteiger partial charge on any atom is -0.484 e. The molecule has 0 atom stereocenters. The molecule has 1 aliphatic rings. The smallest absolute Gasteiger partial charge is 0.422 e. The zero-order valence-corrected chi connectivity index (χ0v) is 19.4. The Kier molecular flexibility index (Phi) is 8.00. The molecule has 3 aromatic rings. The molecule has 4 rings (SSSR count). The van der Waals surface area contributed by atoms with E-state index >= 15 is 0 Å². The van der Waals surface area contributed by atoms with E-state index in [0.29, 0.717) is 44.0 Å². The van der Waals surface area contributed by atoms with Crippen molar-refractivity contribution >= 4 is 18.1 Å². The maximum atomic E-state index is 13.0. The van der Waals surface area contributed by atoms with Crippen LogP contribution < -0.4 is 4.74 Å². The van der Waals surface area contributed by atoms with Crippen LogP contribution in [0.3, 0.4) is 0 Å². The second-order valence-electron chi connectivity index (χ2n) is 8.47. The average molecular weight is 500 g/mol. The second-order valence-corrected chi connectivity index (χ2v) is 8.47. The van der Waals surface area contributed by atoms with Crippen LogP contribution in [0.25, 0.3) is 12.2 Å². The Hall–Kier alpha value is -3.72. The Labute approximate surface area is 206 Å². The van der Waals surface area contributed by atoms with Gasteiger partial charge in [0.15, 0.2) is 6.61 Å². The third-order valence-corrected chi connectivity index (χ3v) is 5.74. The SMILES string of the molecule is O=C(c1ccc(/C=C/c2ccc(F)cc2)nc1)N1CCN(Cc2ccc(OCC(F)(F)F)cc2)CC1. The Bertz CT molecular complexity index is 1170. The van der Waals surface area contributed by atoms with E-state index in [1.54, 1.807) is 53.6 Å². The largest absolute Gasteiger partial charge is 0.484 e. The summed E-state index contributed by atoms with van der Waals surface area (Å²) in [6, 6.07) is 16.2. The van der Waals surface area contributed by atoms with Gasteiger partial charge in [-0.15, -0.1) is 0 Å². The number of hydrogen-bond donors (Lipinski definition) is 0. The number of nitrogens with zero attached hydrogens (tertiary/aromatic N) is 3. The summed E-state index contributed by atoms with van der Waals surface area (Å²) in [5.41, 5.74) is 3.01. The van der Waals surface area contributed by atoms with Crippen molar-refractivity contribution in [2.45, 2.75) is 12.7 Å². The number of rotatable bonds is 7. The molecular weight excluding hydrogens is 474 g/mol. The fourth-order valence-electron chi connectivity index (χ4n) is 3.79. The molecule has 0 aliphatic carbocycles. The average Bonchev–Trinajstić information content (AvgIpc) is 2.88. The van der Waals surface area contributed by atoms with Crippen LogP contribution in [0.1, 0.15) is 27.2 Å². The summed E-state index contributed by atoms with van der Waals surface area (Å²) in [5, 5.41) is 0. The summed E-state index contributed by atoms with van der Waals surface area (Å²) in [6.45, 7) is 1.83. The molecule has 1 fully saturated rings. The van der Waals surface area contributed by atoms with Crippen LogP contribution in [0.4, 0.5) is 17.6 Å². The normalized spacial score (nSPS) is 14.8. The van der Waals surface area contributed by atoms with Crippen molar-refractivity contribution in [3.63, 3.8) is 0 Å². The molecular formula is C27H25F4N3O2. The number of carbonyl (C=O) groups is 1. The maximum Gasteiger partial charge on any atom is 0.422 e. The van der Waals surface area contributed by atoms with Crippen molar-refractivity contribution in [3.8, 4) is 5.75 Å². The minimum absolute atomic E-state index is 0.0811. The third kappa shape index (κ3) is 7.39. The van der Waals surface area contributed by atoms with Gasteiger partial charge in [-0.3, -0.25) is 14.7 Å². The number of hydrogen-bond acceptors (Lipinski definition) is 4. The lowest BCUT2D eigenvalue weighted by Crippen LogP contribution is -2.48. The molecule has 0 bridgehead atoms. The van der Waals surface area contributed by atoms with Crippen molar-refractivity contribution in [1.29, 1.82) is 0 Å². The Morgan fingerprint density at radius 3 is 2.22 bits per heavy atom. The van der Waals surface area contributed by atoms with Gasteiger partial charge in [-0.05, 0) is 53.6 Å². The molecule has 5 nitrogen and oxygen atoms in total.